The van der Waals surface area contributed by atoms with Gasteiger partial charge in [0.25, 0.3) is 0 Å². The molecule has 4 heteroatoms. The Balaban J connectivity index is 1.70. The van der Waals surface area contributed by atoms with Crippen LogP contribution in [0, 0.1) is 19.8 Å². The van der Waals surface area contributed by atoms with Gasteiger partial charge in [-0.2, -0.15) is 0 Å². The molecule has 2 unspecified atom stereocenters. The Bertz CT molecular complexity index is 510. The molecule has 0 aromatic heterocycles. The molecule has 2 rings (SSSR count). The molecule has 1 fully saturated rings. The third-order valence-electron chi connectivity index (χ3n) is 4.85. The number of benzene rings is 1. The van der Waals surface area contributed by atoms with Crippen molar-refractivity contribution in [1.29, 1.82) is 0 Å². The van der Waals surface area contributed by atoms with Crippen LogP contribution in [-0.2, 0) is 4.79 Å². The zero-order valence-corrected chi connectivity index (χ0v) is 14.6. The van der Waals surface area contributed by atoms with Gasteiger partial charge in [-0.05, 0) is 63.7 Å². The van der Waals surface area contributed by atoms with Gasteiger partial charge in [-0.15, -0.1) is 0 Å². The maximum Gasteiger partial charge on any atom is 0.224 e. The first-order valence-electron chi connectivity index (χ1n) is 8.70. The van der Waals surface area contributed by atoms with Crippen molar-refractivity contribution in [2.75, 3.05) is 25.5 Å². The number of nitrogens with zero attached hydrogens (tertiary/aromatic N) is 1. The highest BCUT2D eigenvalue weighted by Crippen LogP contribution is 2.26. The van der Waals surface area contributed by atoms with Crippen molar-refractivity contribution >= 4 is 11.6 Å². The number of anilines is 1. The van der Waals surface area contributed by atoms with Gasteiger partial charge in [0.1, 0.15) is 0 Å². The van der Waals surface area contributed by atoms with Crippen molar-refractivity contribution < 1.29 is 9.90 Å². The van der Waals surface area contributed by atoms with Crippen LogP contribution in [-0.4, -0.2) is 42.2 Å². The Morgan fingerprint density at radius 1 is 1.30 bits per heavy atom. The van der Waals surface area contributed by atoms with Crippen LogP contribution in [0.25, 0.3) is 0 Å². The number of amides is 1. The minimum Gasteiger partial charge on any atom is -0.393 e. The third-order valence-corrected chi connectivity index (χ3v) is 4.85. The number of hydrogen-bond donors (Lipinski definition) is 2. The lowest BCUT2D eigenvalue weighted by atomic mass is 10.1. The average Bonchev–Trinajstić information content (AvgIpc) is 2.88. The van der Waals surface area contributed by atoms with Crippen molar-refractivity contribution in [2.45, 2.75) is 52.1 Å². The van der Waals surface area contributed by atoms with Gasteiger partial charge >= 0.3 is 0 Å². The van der Waals surface area contributed by atoms with E-state index in [0.29, 0.717) is 12.3 Å². The second-order valence-corrected chi connectivity index (χ2v) is 6.94. The van der Waals surface area contributed by atoms with Crippen molar-refractivity contribution in [3.8, 4) is 0 Å². The number of hydrogen-bond acceptors (Lipinski definition) is 3. The van der Waals surface area contributed by atoms with E-state index in [1.54, 1.807) is 0 Å². The Hall–Kier alpha value is -1.39. The summed E-state index contributed by atoms with van der Waals surface area (Å²) in [6, 6.07) is 6.04. The molecule has 4 nitrogen and oxygen atoms in total. The summed E-state index contributed by atoms with van der Waals surface area (Å²) in [5.74, 6) is 0.486. The molecule has 23 heavy (non-hydrogen) atoms. The van der Waals surface area contributed by atoms with Crippen LogP contribution in [0.2, 0.25) is 0 Å². The van der Waals surface area contributed by atoms with E-state index in [1.165, 1.54) is 0 Å². The molecule has 0 spiro atoms. The van der Waals surface area contributed by atoms with E-state index in [1.807, 2.05) is 32.0 Å². The van der Waals surface area contributed by atoms with Crippen LogP contribution in [0.15, 0.2) is 18.2 Å². The summed E-state index contributed by atoms with van der Waals surface area (Å²) >= 11 is 0. The van der Waals surface area contributed by atoms with Crippen LogP contribution in [0.5, 0.6) is 0 Å². The van der Waals surface area contributed by atoms with E-state index in [0.717, 1.165) is 55.6 Å². The molecule has 0 bridgehead atoms. The standard InChI is InChI=1S/C19H30N2O2/c1-14-7-4-8-15(2)19(14)20-18(23)11-6-12-21(3)13-16-9-5-10-17(16)22/h4,7-8,16-17,22H,5-6,9-13H2,1-3H3,(H,20,23). The molecule has 1 aromatic rings. The highest BCUT2D eigenvalue weighted by atomic mass is 16.3. The van der Waals surface area contributed by atoms with Gasteiger partial charge in [-0.3, -0.25) is 4.79 Å². The summed E-state index contributed by atoms with van der Waals surface area (Å²) in [7, 11) is 2.08. The van der Waals surface area contributed by atoms with Gasteiger partial charge in [0.15, 0.2) is 0 Å². The molecule has 2 N–H and O–H groups in total. The fourth-order valence-corrected chi connectivity index (χ4v) is 3.44. The van der Waals surface area contributed by atoms with Crippen LogP contribution in [0.3, 0.4) is 0 Å². The molecule has 128 valence electrons. The lowest BCUT2D eigenvalue weighted by molar-refractivity contribution is -0.116. The summed E-state index contributed by atoms with van der Waals surface area (Å²) in [6.07, 6.45) is 4.44. The predicted molar refractivity (Wildman–Crippen MR) is 94.6 cm³/mol. The summed E-state index contributed by atoms with van der Waals surface area (Å²) in [6.45, 7) is 5.86. The van der Waals surface area contributed by atoms with Gasteiger partial charge < -0.3 is 15.3 Å². The number of aryl methyl sites for hydroxylation is 2. The molecule has 0 aliphatic heterocycles. The van der Waals surface area contributed by atoms with Gasteiger partial charge in [-0.1, -0.05) is 24.6 Å². The van der Waals surface area contributed by atoms with Crippen LogP contribution in [0.4, 0.5) is 5.69 Å². The van der Waals surface area contributed by atoms with E-state index < -0.39 is 0 Å². The SMILES string of the molecule is Cc1cccc(C)c1NC(=O)CCCN(C)CC1CCCC1O. The number of nitrogens with one attached hydrogen (secondary N) is 1. The summed E-state index contributed by atoms with van der Waals surface area (Å²) in [5, 5.41) is 12.9. The van der Waals surface area contributed by atoms with E-state index in [9.17, 15) is 9.90 Å². The fraction of sp³-hybridized carbons (Fsp3) is 0.632. The van der Waals surface area contributed by atoms with Crippen molar-refractivity contribution in [3.05, 3.63) is 29.3 Å². The molecule has 2 atom stereocenters. The summed E-state index contributed by atoms with van der Waals surface area (Å²) < 4.78 is 0. The molecule has 0 radical (unpaired) electrons. The first-order chi connectivity index (χ1) is 11.0. The number of rotatable bonds is 7. The molecule has 1 aliphatic carbocycles. The van der Waals surface area contributed by atoms with Gasteiger partial charge in [0, 0.05) is 18.7 Å². The van der Waals surface area contributed by atoms with Crippen LogP contribution >= 0.6 is 0 Å². The summed E-state index contributed by atoms with van der Waals surface area (Å²) in [5.41, 5.74) is 3.15. The fourth-order valence-electron chi connectivity index (χ4n) is 3.44. The monoisotopic (exact) mass is 318 g/mol. The zero-order chi connectivity index (χ0) is 16.8. The van der Waals surface area contributed by atoms with Crippen molar-refractivity contribution in [3.63, 3.8) is 0 Å². The van der Waals surface area contributed by atoms with Crippen LogP contribution < -0.4 is 5.32 Å². The number of aliphatic hydroxyl groups excluding tert-OH is 1. The second kappa shape index (κ2) is 8.46. The molecule has 0 heterocycles. The van der Waals surface area contributed by atoms with Crippen molar-refractivity contribution in [1.82, 2.24) is 4.90 Å². The molecular formula is C19H30N2O2. The predicted octanol–water partition coefficient (Wildman–Crippen LogP) is 3.11. The Kier molecular flexibility index (Phi) is 6.60. The highest BCUT2D eigenvalue weighted by molar-refractivity contribution is 5.92. The minimum atomic E-state index is -0.134. The van der Waals surface area contributed by atoms with Gasteiger partial charge in [0.2, 0.25) is 5.91 Å². The van der Waals surface area contributed by atoms with Gasteiger partial charge in [-0.25, -0.2) is 0 Å². The molecule has 1 aromatic carbocycles. The zero-order valence-electron chi connectivity index (χ0n) is 14.6. The number of carbonyl (C=O) groups is 1. The van der Waals surface area contributed by atoms with E-state index >= 15 is 0 Å². The lowest BCUT2D eigenvalue weighted by Crippen LogP contribution is -2.31. The summed E-state index contributed by atoms with van der Waals surface area (Å²) in [4.78, 5) is 14.4. The molecule has 1 aliphatic rings. The Labute approximate surface area is 139 Å². The minimum absolute atomic E-state index is 0.0803. The molecule has 1 saturated carbocycles. The van der Waals surface area contributed by atoms with Crippen molar-refractivity contribution in [2.24, 2.45) is 5.92 Å². The molecule has 0 saturated heterocycles. The van der Waals surface area contributed by atoms with Crippen LogP contribution in [0.1, 0.15) is 43.2 Å². The smallest absolute Gasteiger partial charge is 0.224 e. The molecule has 1 amide bonds. The lowest BCUT2D eigenvalue weighted by Gasteiger charge is -2.23. The number of para-hydroxylation sites is 1. The maximum atomic E-state index is 12.1. The third kappa shape index (κ3) is 5.33. The number of carbonyl (C=O) groups excluding carboxylic acids is 1. The highest BCUT2D eigenvalue weighted by Gasteiger charge is 2.25. The Morgan fingerprint density at radius 2 is 2.00 bits per heavy atom. The topological polar surface area (TPSA) is 52.6 Å². The maximum absolute atomic E-state index is 12.1. The molecular weight excluding hydrogens is 288 g/mol. The number of aliphatic hydroxyl groups is 1. The first-order valence-corrected chi connectivity index (χ1v) is 8.70. The van der Waals surface area contributed by atoms with E-state index in [-0.39, 0.29) is 12.0 Å². The Morgan fingerprint density at radius 3 is 2.61 bits per heavy atom. The largest absolute Gasteiger partial charge is 0.393 e. The second-order valence-electron chi connectivity index (χ2n) is 6.94. The normalized spacial score (nSPS) is 20.9. The average molecular weight is 318 g/mol. The first kappa shape index (κ1) is 18.0. The van der Waals surface area contributed by atoms with E-state index in [4.69, 9.17) is 0 Å². The van der Waals surface area contributed by atoms with E-state index in [2.05, 4.69) is 17.3 Å². The quantitative estimate of drug-likeness (QED) is 0.812. The van der Waals surface area contributed by atoms with Gasteiger partial charge in [0.05, 0.1) is 6.10 Å².